The van der Waals surface area contributed by atoms with Gasteiger partial charge in [-0.2, -0.15) is 5.26 Å². The summed E-state index contributed by atoms with van der Waals surface area (Å²) in [7, 11) is -4.17. The Bertz CT molecular complexity index is 1340. The number of nitrogens with zero attached hydrogens (tertiary/aromatic N) is 2. The summed E-state index contributed by atoms with van der Waals surface area (Å²) in [6, 6.07) is 17.1. The average molecular weight is 484 g/mol. The van der Waals surface area contributed by atoms with Crippen molar-refractivity contribution in [1.82, 2.24) is 4.72 Å². The highest BCUT2D eigenvalue weighted by atomic mass is 32.2. The molecule has 1 fully saturated rings. The average Bonchev–Trinajstić information content (AvgIpc) is 3.34. The molecule has 1 unspecified atom stereocenters. The molecule has 0 radical (unpaired) electrons. The summed E-state index contributed by atoms with van der Waals surface area (Å²) in [6.45, 7) is 2.17. The number of nitriles is 1. The van der Waals surface area contributed by atoms with Gasteiger partial charge in [0.2, 0.25) is 0 Å². The zero-order chi connectivity index (χ0) is 24.1. The van der Waals surface area contributed by atoms with E-state index in [4.69, 9.17) is 14.3 Å². The van der Waals surface area contributed by atoms with Gasteiger partial charge in [-0.1, -0.05) is 18.2 Å². The maximum atomic E-state index is 12.3. The van der Waals surface area contributed by atoms with Gasteiger partial charge in [-0.15, -0.1) is 0 Å². The number of anilines is 1. The number of sulfonamides is 1. The van der Waals surface area contributed by atoms with Crippen molar-refractivity contribution in [2.75, 3.05) is 44.4 Å². The van der Waals surface area contributed by atoms with Crippen LogP contribution in [0.15, 0.2) is 57.9 Å². The van der Waals surface area contributed by atoms with Gasteiger partial charge in [-0.25, -0.2) is 13.1 Å². The smallest absolute Gasteiger partial charge is 0.250 e. The van der Waals surface area contributed by atoms with Crippen molar-refractivity contribution < 1.29 is 27.8 Å². The second-order valence-corrected chi connectivity index (χ2v) is 9.59. The normalized spacial score (nSPS) is 15.9. The van der Waals surface area contributed by atoms with E-state index < -0.39 is 34.2 Å². The molecule has 3 aromatic rings. The van der Waals surface area contributed by atoms with Gasteiger partial charge in [-0.05, 0) is 41.1 Å². The number of allylic oxidation sites excluding steroid dienone is 1. The van der Waals surface area contributed by atoms with Crippen molar-refractivity contribution in [3.05, 3.63) is 59.2 Å². The summed E-state index contributed by atoms with van der Waals surface area (Å²) in [5, 5.41) is 29.6. The first kappa shape index (κ1) is 23.9. The van der Waals surface area contributed by atoms with Crippen molar-refractivity contribution >= 4 is 32.6 Å². The molecule has 0 aliphatic carbocycles. The molecule has 1 atom stereocenters. The van der Waals surface area contributed by atoms with Crippen molar-refractivity contribution in [2.45, 2.75) is 6.10 Å². The molecule has 1 aliphatic heterocycles. The molecule has 10 heteroatoms. The fraction of sp³-hybridized carbons (Fsp3) is 0.292. The number of hydrogen-bond donors (Lipinski definition) is 3. The number of furan rings is 1. The largest absolute Gasteiger partial charge is 0.457 e. The van der Waals surface area contributed by atoms with Crippen LogP contribution in [0.4, 0.5) is 5.69 Å². The van der Waals surface area contributed by atoms with Crippen LogP contribution in [0, 0.1) is 11.3 Å². The standard InChI is InChI=1S/C24H25N3O6S/c25-14-23(34(30,31)26-15-21(29)16-28)13-22-5-6-24(33-22)19-2-1-18-12-20(4-3-17(18)11-19)27-7-9-32-10-8-27/h1-6,11-13,21,26,28-29H,7-10,15-16H2. The fourth-order valence-electron chi connectivity index (χ4n) is 3.64. The highest BCUT2D eigenvalue weighted by Crippen LogP contribution is 2.29. The second-order valence-electron chi connectivity index (χ2n) is 7.86. The number of morpholine rings is 1. The summed E-state index contributed by atoms with van der Waals surface area (Å²) in [4.78, 5) is 1.73. The molecular formula is C24H25N3O6S. The molecule has 1 aromatic heterocycles. The van der Waals surface area contributed by atoms with Crippen LogP contribution in [0.2, 0.25) is 0 Å². The van der Waals surface area contributed by atoms with E-state index in [0.29, 0.717) is 5.76 Å². The van der Waals surface area contributed by atoms with Crippen LogP contribution in [-0.2, 0) is 14.8 Å². The van der Waals surface area contributed by atoms with Gasteiger partial charge in [-0.3, -0.25) is 0 Å². The van der Waals surface area contributed by atoms with E-state index in [0.717, 1.165) is 54.4 Å². The van der Waals surface area contributed by atoms with E-state index in [1.54, 1.807) is 18.2 Å². The summed E-state index contributed by atoms with van der Waals surface area (Å²) in [5.74, 6) is 0.728. The molecule has 9 nitrogen and oxygen atoms in total. The Labute approximate surface area is 197 Å². The molecule has 1 aliphatic rings. The minimum absolute atomic E-state index is 0.197. The monoisotopic (exact) mass is 483 g/mol. The van der Waals surface area contributed by atoms with Crippen LogP contribution in [0.5, 0.6) is 0 Å². The first-order valence-electron chi connectivity index (χ1n) is 10.8. The summed E-state index contributed by atoms with van der Waals surface area (Å²) < 4.78 is 37.9. The zero-order valence-corrected chi connectivity index (χ0v) is 19.2. The third-order valence-electron chi connectivity index (χ3n) is 5.50. The van der Waals surface area contributed by atoms with Gasteiger partial charge in [0.15, 0.2) is 4.91 Å². The van der Waals surface area contributed by atoms with Crippen molar-refractivity contribution in [2.24, 2.45) is 0 Å². The maximum absolute atomic E-state index is 12.3. The molecule has 178 valence electrons. The molecule has 0 spiro atoms. The predicted molar refractivity (Wildman–Crippen MR) is 128 cm³/mol. The van der Waals surface area contributed by atoms with Crippen LogP contribution >= 0.6 is 0 Å². The third-order valence-corrected chi connectivity index (χ3v) is 6.84. The highest BCUT2D eigenvalue weighted by molar-refractivity contribution is 7.93. The number of ether oxygens (including phenoxy) is 1. The van der Waals surface area contributed by atoms with Gasteiger partial charge in [0, 0.05) is 37.0 Å². The Morgan fingerprint density at radius 1 is 1.15 bits per heavy atom. The van der Waals surface area contributed by atoms with Gasteiger partial charge in [0.1, 0.15) is 17.6 Å². The molecule has 34 heavy (non-hydrogen) atoms. The number of rotatable bonds is 8. The highest BCUT2D eigenvalue weighted by Gasteiger charge is 2.20. The van der Waals surface area contributed by atoms with Gasteiger partial charge < -0.3 is 24.3 Å². The summed E-state index contributed by atoms with van der Waals surface area (Å²) in [5.41, 5.74) is 1.97. The zero-order valence-electron chi connectivity index (χ0n) is 18.3. The van der Waals surface area contributed by atoms with Crippen LogP contribution in [0.25, 0.3) is 28.2 Å². The topological polar surface area (TPSA) is 136 Å². The minimum Gasteiger partial charge on any atom is -0.457 e. The number of aliphatic hydroxyl groups excluding tert-OH is 2. The Morgan fingerprint density at radius 3 is 2.62 bits per heavy atom. The summed E-state index contributed by atoms with van der Waals surface area (Å²) in [6.07, 6.45) is -0.143. The number of aliphatic hydroxyl groups is 2. The predicted octanol–water partition coefficient (Wildman–Crippen LogP) is 2.07. The minimum atomic E-state index is -4.17. The number of hydrogen-bond acceptors (Lipinski definition) is 8. The quantitative estimate of drug-likeness (QED) is 0.414. The Balaban J connectivity index is 1.54. The van der Waals surface area contributed by atoms with Crippen molar-refractivity contribution in [3.63, 3.8) is 0 Å². The molecule has 4 rings (SSSR count). The molecule has 0 saturated carbocycles. The van der Waals surface area contributed by atoms with E-state index in [2.05, 4.69) is 27.8 Å². The lowest BCUT2D eigenvalue weighted by Crippen LogP contribution is -2.36. The lowest BCUT2D eigenvalue weighted by molar-refractivity contribution is 0.0989. The molecular weight excluding hydrogens is 458 g/mol. The SMILES string of the molecule is N#CC(=Cc1ccc(-c2ccc3cc(N4CCOCC4)ccc3c2)o1)S(=O)(=O)NCC(O)CO. The van der Waals surface area contributed by atoms with Crippen molar-refractivity contribution in [1.29, 1.82) is 5.26 Å². The van der Waals surface area contributed by atoms with Crippen LogP contribution < -0.4 is 9.62 Å². The first-order chi connectivity index (χ1) is 16.4. The summed E-state index contributed by atoms with van der Waals surface area (Å²) >= 11 is 0. The number of benzene rings is 2. The molecule has 1 saturated heterocycles. The van der Waals surface area contributed by atoms with E-state index in [1.807, 2.05) is 18.2 Å². The lowest BCUT2D eigenvalue weighted by atomic mass is 10.0. The molecule has 0 amide bonds. The van der Waals surface area contributed by atoms with E-state index >= 15 is 0 Å². The number of nitrogens with one attached hydrogen (secondary N) is 1. The van der Waals surface area contributed by atoms with E-state index in [1.165, 1.54) is 0 Å². The van der Waals surface area contributed by atoms with Crippen molar-refractivity contribution in [3.8, 4) is 17.4 Å². The van der Waals surface area contributed by atoms with Crippen LogP contribution in [0.1, 0.15) is 5.76 Å². The van der Waals surface area contributed by atoms with Gasteiger partial charge in [0.25, 0.3) is 10.0 Å². The van der Waals surface area contributed by atoms with E-state index in [-0.39, 0.29) is 5.76 Å². The Hall–Kier alpha value is -3.20. The van der Waals surface area contributed by atoms with Gasteiger partial charge >= 0.3 is 0 Å². The maximum Gasteiger partial charge on any atom is 0.250 e. The van der Waals surface area contributed by atoms with Crippen LogP contribution in [0.3, 0.4) is 0 Å². The second kappa shape index (κ2) is 10.4. The molecule has 2 aromatic carbocycles. The number of fused-ring (bicyclic) bond motifs is 1. The molecule has 0 bridgehead atoms. The first-order valence-corrected chi connectivity index (χ1v) is 12.2. The van der Waals surface area contributed by atoms with Gasteiger partial charge in [0.05, 0.1) is 25.9 Å². The third kappa shape index (κ3) is 5.47. The Kier molecular flexibility index (Phi) is 7.31. The van der Waals surface area contributed by atoms with E-state index in [9.17, 15) is 18.8 Å². The fourth-order valence-corrected chi connectivity index (χ4v) is 4.60. The lowest BCUT2D eigenvalue weighted by Gasteiger charge is -2.29. The molecule has 3 N–H and O–H groups in total. The molecule has 2 heterocycles. The Morgan fingerprint density at radius 2 is 1.88 bits per heavy atom. The van der Waals surface area contributed by atoms with Crippen LogP contribution in [-0.4, -0.2) is 64.2 Å².